The van der Waals surface area contributed by atoms with Gasteiger partial charge in [0, 0.05) is 21.5 Å². The van der Waals surface area contributed by atoms with Crippen LogP contribution >= 0.6 is 34.9 Å². The van der Waals surface area contributed by atoms with Crippen LogP contribution in [0.5, 0.6) is 0 Å². The average Bonchev–Trinajstić information content (AvgIpc) is 3.54. The number of hydrogen-bond donors (Lipinski definition) is 2. The van der Waals surface area contributed by atoms with E-state index in [4.69, 9.17) is 9.72 Å². The Morgan fingerprint density at radius 1 is 1.00 bits per heavy atom. The number of ether oxygens (including phenoxy) is 1. The number of nitrogens with zero attached hydrogens (tertiary/aromatic N) is 2. The number of amides is 2. The van der Waals surface area contributed by atoms with Crippen LogP contribution in [0, 0.1) is 0 Å². The summed E-state index contributed by atoms with van der Waals surface area (Å²) < 4.78 is 6.98. The largest absolute Gasteiger partial charge is 1.00 e. The molecule has 2 N–H and O–H groups in total. The maximum Gasteiger partial charge on any atom is 1.00 e. The zero-order valence-corrected chi connectivity index (χ0v) is 32.9. The van der Waals surface area contributed by atoms with Crippen molar-refractivity contribution in [1.29, 1.82) is 0 Å². The predicted molar refractivity (Wildman–Crippen MR) is 190 cm³/mol. The number of β-lactam (4-membered cyclic amide) rings is 1. The summed E-state index contributed by atoms with van der Waals surface area (Å²) in [6, 6.07) is 27.5. The van der Waals surface area contributed by atoms with Gasteiger partial charge < -0.3 is 16.6 Å². The SMILES string of the molecule is O=C(O)CC1CCCc2sc(SC3=C(C(=O)OC(c4ccccc4)c4ccccc4)N4C(=O)[C@@H](NC(=O)Cc5ccccc5)[C@H]4SC3)nc21.[H-].[K+]. The Bertz CT molecular complexity index is 1870. The Balaban J connectivity index is 0.00000252. The van der Waals surface area contributed by atoms with E-state index in [9.17, 15) is 24.3 Å². The van der Waals surface area contributed by atoms with Crippen LogP contribution in [0.25, 0.3) is 0 Å². The molecule has 2 amide bonds. The van der Waals surface area contributed by atoms with Crippen molar-refractivity contribution in [2.24, 2.45) is 0 Å². The van der Waals surface area contributed by atoms with E-state index < -0.39 is 29.5 Å². The standard InChI is InChI=1S/C37H33N3O6S3.K.H/c41-28(19-22-11-4-1-5-12-22)38-31-34(44)40-32(36(45)46-33(23-13-6-2-7-14-23)24-15-8-3-9-16-24)27(21-47-35(31)40)49-37-39-30-25(20-29(42)43)17-10-18-26(30)48-37;;/h1-9,11-16,25,31,33,35H,10,17-21H2,(H,38,41)(H,42,43);;/q;+1;-1/t25?,31-,35-;;/m1../s1. The van der Waals surface area contributed by atoms with Gasteiger partial charge in [-0.15, -0.1) is 23.1 Å². The fourth-order valence-corrected chi connectivity index (χ4v) is 10.4. The fourth-order valence-electron chi connectivity index (χ4n) is 6.46. The third-order valence-corrected chi connectivity index (χ3v) is 12.5. The topological polar surface area (TPSA) is 126 Å². The maximum atomic E-state index is 14.4. The quantitative estimate of drug-likeness (QED) is 0.135. The van der Waals surface area contributed by atoms with Gasteiger partial charge in [-0.05, 0) is 36.0 Å². The molecular formula is C37H34KN3O6S3. The van der Waals surface area contributed by atoms with Crippen LogP contribution in [0.1, 0.15) is 60.0 Å². The van der Waals surface area contributed by atoms with Crippen LogP contribution in [0.4, 0.5) is 0 Å². The molecule has 0 spiro atoms. The number of rotatable bonds is 11. The van der Waals surface area contributed by atoms with Crippen molar-refractivity contribution >= 4 is 58.6 Å². The molecular weight excluding hydrogens is 718 g/mol. The Kier molecular flexibility index (Phi) is 12.4. The smallest absolute Gasteiger partial charge is 1.00 e. The second kappa shape index (κ2) is 16.7. The molecule has 13 heteroatoms. The summed E-state index contributed by atoms with van der Waals surface area (Å²) in [6.45, 7) is 0. The normalized spacial score (nSPS) is 19.5. The third kappa shape index (κ3) is 8.15. The fraction of sp³-hybridized carbons (Fsp3) is 0.270. The predicted octanol–water partition coefficient (Wildman–Crippen LogP) is 3.43. The first-order valence-electron chi connectivity index (χ1n) is 16.1. The van der Waals surface area contributed by atoms with Gasteiger partial charge in [-0.3, -0.25) is 19.3 Å². The van der Waals surface area contributed by atoms with Gasteiger partial charge in [-0.1, -0.05) is 103 Å². The minimum absolute atomic E-state index is 0. The van der Waals surface area contributed by atoms with E-state index in [0.29, 0.717) is 15.0 Å². The molecule has 0 saturated carbocycles. The summed E-state index contributed by atoms with van der Waals surface area (Å²) in [4.78, 5) is 60.7. The zero-order chi connectivity index (χ0) is 33.9. The Hall–Kier alpha value is -2.75. The number of aliphatic carboxylic acids is 1. The molecule has 3 heterocycles. The van der Waals surface area contributed by atoms with E-state index in [1.807, 2.05) is 91.0 Å². The molecule has 252 valence electrons. The van der Waals surface area contributed by atoms with Gasteiger partial charge in [-0.25, -0.2) is 9.78 Å². The summed E-state index contributed by atoms with van der Waals surface area (Å²) in [5, 5.41) is 11.9. The van der Waals surface area contributed by atoms with Gasteiger partial charge in [-0.2, -0.15) is 0 Å². The van der Waals surface area contributed by atoms with Crippen LogP contribution in [0.3, 0.4) is 0 Å². The number of thioether (sulfide) groups is 2. The number of carbonyl (C=O) groups excluding carboxylic acids is 3. The van der Waals surface area contributed by atoms with Gasteiger partial charge in [0.2, 0.25) is 5.91 Å². The van der Waals surface area contributed by atoms with Gasteiger partial charge >= 0.3 is 63.3 Å². The number of aromatic nitrogens is 1. The van der Waals surface area contributed by atoms with Gasteiger partial charge in [0.05, 0.1) is 18.5 Å². The maximum absolute atomic E-state index is 14.4. The van der Waals surface area contributed by atoms with E-state index in [-0.39, 0.29) is 89.1 Å². The summed E-state index contributed by atoms with van der Waals surface area (Å²) in [7, 11) is 0. The number of nitrogens with one attached hydrogen (secondary N) is 1. The molecule has 1 aromatic heterocycles. The van der Waals surface area contributed by atoms with E-state index in [0.717, 1.165) is 46.5 Å². The first-order chi connectivity index (χ1) is 23.9. The molecule has 0 bridgehead atoms. The number of carboxylic acid groups (broad SMARTS) is 1. The van der Waals surface area contributed by atoms with Crippen LogP contribution < -0.4 is 56.7 Å². The Morgan fingerprint density at radius 2 is 1.64 bits per heavy atom. The Morgan fingerprint density at radius 3 is 2.28 bits per heavy atom. The molecule has 50 heavy (non-hydrogen) atoms. The number of fused-ring (bicyclic) bond motifs is 2. The Labute approximate surface area is 346 Å². The second-order valence-corrected chi connectivity index (χ2v) is 15.6. The minimum Gasteiger partial charge on any atom is -1.00 e. The molecule has 1 saturated heterocycles. The minimum atomic E-state index is -0.851. The first kappa shape index (κ1) is 37.0. The van der Waals surface area contributed by atoms with Crippen LogP contribution in [0.2, 0.25) is 0 Å². The monoisotopic (exact) mass is 751 g/mol. The summed E-state index contributed by atoms with van der Waals surface area (Å²) in [5.74, 6) is -1.88. The number of carboxylic acids is 1. The summed E-state index contributed by atoms with van der Waals surface area (Å²) >= 11 is 4.32. The van der Waals surface area contributed by atoms with Crippen molar-refractivity contribution in [1.82, 2.24) is 15.2 Å². The van der Waals surface area contributed by atoms with Gasteiger partial charge in [0.25, 0.3) is 5.91 Å². The van der Waals surface area contributed by atoms with Crippen molar-refractivity contribution in [2.45, 2.75) is 59.9 Å². The molecule has 2 aliphatic heterocycles. The van der Waals surface area contributed by atoms with Crippen molar-refractivity contribution in [2.75, 3.05) is 5.75 Å². The molecule has 9 nitrogen and oxygen atoms in total. The molecule has 3 atom stereocenters. The molecule has 1 fully saturated rings. The molecule has 3 aromatic carbocycles. The molecule has 7 rings (SSSR count). The zero-order valence-electron chi connectivity index (χ0n) is 28.3. The molecule has 3 aliphatic rings. The second-order valence-electron chi connectivity index (χ2n) is 12.1. The van der Waals surface area contributed by atoms with Crippen LogP contribution in [-0.4, -0.2) is 55.9 Å². The number of benzene rings is 3. The van der Waals surface area contributed by atoms with Gasteiger partial charge in [0.1, 0.15) is 17.1 Å². The number of esters is 1. The van der Waals surface area contributed by atoms with Crippen molar-refractivity contribution in [3.05, 3.63) is 129 Å². The first-order valence-corrected chi connectivity index (χ1v) is 18.7. The molecule has 0 radical (unpaired) electrons. The molecule has 1 unspecified atom stereocenters. The number of hydrogen-bond acceptors (Lipinski definition) is 9. The third-order valence-electron chi connectivity index (χ3n) is 8.76. The van der Waals surface area contributed by atoms with E-state index in [2.05, 4.69) is 5.32 Å². The van der Waals surface area contributed by atoms with Crippen LogP contribution in [-0.2, 0) is 36.8 Å². The van der Waals surface area contributed by atoms with Crippen LogP contribution in [0.15, 0.2) is 106 Å². The summed E-state index contributed by atoms with van der Waals surface area (Å²) in [6.07, 6.45) is 1.95. The van der Waals surface area contributed by atoms with Crippen molar-refractivity contribution in [3.8, 4) is 0 Å². The number of thiazole rings is 1. The number of aryl methyl sites for hydroxylation is 1. The molecule has 4 aromatic rings. The van der Waals surface area contributed by atoms with Crippen molar-refractivity contribution in [3.63, 3.8) is 0 Å². The number of carbonyl (C=O) groups is 4. The summed E-state index contributed by atoms with van der Waals surface area (Å²) in [5.41, 5.74) is 3.39. The average molecular weight is 752 g/mol. The van der Waals surface area contributed by atoms with E-state index in [1.54, 1.807) is 0 Å². The van der Waals surface area contributed by atoms with Gasteiger partial charge in [0.15, 0.2) is 10.4 Å². The van der Waals surface area contributed by atoms with Crippen molar-refractivity contribution < 1.29 is 81.8 Å². The van der Waals surface area contributed by atoms with E-state index in [1.165, 1.54) is 39.8 Å². The van der Waals surface area contributed by atoms with E-state index >= 15 is 0 Å². The molecule has 1 aliphatic carbocycles.